The Balaban J connectivity index is 1.93. The summed E-state index contributed by atoms with van der Waals surface area (Å²) in [6.45, 7) is 8.10. The summed E-state index contributed by atoms with van der Waals surface area (Å²) in [5.74, 6) is 2.03. The highest BCUT2D eigenvalue weighted by Gasteiger charge is 2.34. The van der Waals surface area contributed by atoms with Crippen molar-refractivity contribution in [1.82, 2.24) is 4.90 Å². The number of ether oxygens (including phenoxy) is 4. The molecule has 2 aromatic carbocycles. The lowest BCUT2D eigenvalue weighted by atomic mass is 10.1. The Bertz CT molecular complexity index is 1120. The molecule has 0 saturated carbocycles. The van der Waals surface area contributed by atoms with Gasteiger partial charge >= 0.3 is 5.97 Å². The minimum Gasteiger partial charge on any atom is -0.497 e. The number of cyclic esters (lactones) is 1. The van der Waals surface area contributed by atoms with Crippen molar-refractivity contribution in [2.24, 2.45) is 5.92 Å². The zero-order valence-corrected chi connectivity index (χ0v) is 24.6. The number of ketones is 1. The van der Waals surface area contributed by atoms with Crippen LogP contribution in [0.25, 0.3) is 0 Å². The van der Waals surface area contributed by atoms with Crippen LogP contribution < -0.4 is 19.5 Å². The molecule has 0 aromatic heterocycles. The fraction of sp³-hybridized carbons (Fsp3) is 0.500. The van der Waals surface area contributed by atoms with E-state index in [1.165, 1.54) is 6.42 Å². The first-order valence-corrected chi connectivity index (χ1v) is 14.3. The van der Waals surface area contributed by atoms with Crippen LogP contribution in [0.2, 0.25) is 0 Å². The normalized spacial score (nSPS) is 14.2. The van der Waals surface area contributed by atoms with Crippen molar-refractivity contribution in [1.29, 1.82) is 0 Å². The number of methoxy groups -OCH3 is 2. The molecule has 218 valence electrons. The average molecular weight is 553 g/mol. The molecule has 1 aliphatic rings. The molecule has 0 radical (unpaired) electrons. The zero-order chi connectivity index (χ0) is 28.9. The van der Waals surface area contributed by atoms with Crippen LogP contribution in [0.15, 0.2) is 53.9 Å². The number of rotatable bonds is 17. The number of benzene rings is 2. The molecule has 0 spiro atoms. The molecule has 0 amide bonds. The van der Waals surface area contributed by atoms with Crippen LogP contribution >= 0.6 is 0 Å². The highest BCUT2D eigenvalue weighted by molar-refractivity contribution is 6.22. The van der Waals surface area contributed by atoms with E-state index in [2.05, 4.69) is 31.0 Å². The monoisotopic (exact) mass is 552 g/mol. The van der Waals surface area contributed by atoms with Crippen LogP contribution in [0, 0.1) is 5.92 Å². The summed E-state index contributed by atoms with van der Waals surface area (Å²) in [5, 5.41) is 3.35. The van der Waals surface area contributed by atoms with E-state index in [-0.39, 0.29) is 18.0 Å². The second kappa shape index (κ2) is 15.8. The summed E-state index contributed by atoms with van der Waals surface area (Å²) in [4.78, 5) is 27.8. The quantitative estimate of drug-likeness (QED) is 0.105. The van der Waals surface area contributed by atoms with E-state index < -0.39 is 5.97 Å². The van der Waals surface area contributed by atoms with Crippen molar-refractivity contribution < 1.29 is 28.5 Å². The van der Waals surface area contributed by atoms with Gasteiger partial charge in [-0.3, -0.25) is 4.79 Å². The van der Waals surface area contributed by atoms with Crippen molar-refractivity contribution in [2.45, 2.75) is 65.8 Å². The Hall–Kier alpha value is -3.68. The Kier molecular flexibility index (Phi) is 12.2. The topological polar surface area (TPSA) is 86.3 Å². The van der Waals surface area contributed by atoms with E-state index in [0.717, 1.165) is 43.4 Å². The van der Waals surface area contributed by atoms with Crippen LogP contribution in [-0.2, 0) is 20.9 Å². The third-order valence-corrected chi connectivity index (χ3v) is 6.82. The molecular weight excluding hydrogens is 508 g/mol. The number of carbonyl (C=O) groups excluding carboxylic acids is 2. The maximum absolute atomic E-state index is 12.9. The van der Waals surface area contributed by atoms with E-state index in [1.807, 2.05) is 30.3 Å². The summed E-state index contributed by atoms with van der Waals surface area (Å²) in [6, 6.07) is 13.4. The molecule has 1 fully saturated rings. The summed E-state index contributed by atoms with van der Waals surface area (Å²) in [5.41, 5.74) is 1.67. The third-order valence-electron chi connectivity index (χ3n) is 6.82. The van der Waals surface area contributed by atoms with Gasteiger partial charge in [-0.25, -0.2) is 4.79 Å². The molecule has 1 aliphatic heterocycles. The van der Waals surface area contributed by atoms with Crippen molar-refractivity contribution in [3.05, 3.63) is 59.4 Å². The number of nitrogens with zero attached hydrogens (tertiary/aromatic N) is 1. The fourth-order valence-corrected chi connectivity index (χ4v) is 4.45. The van der Waals surface area contributed by atoms with Gasteiger partial charge in [0.1, 0.15) is 28.6 Å². The number of nitrogens with one attached hydrogen (secondary N) is 1. The van der Waals surface area contributed by atoms with E-state index in [1.54, 1.807) is 26.4 Å². The third kappa shape index (κ3) is 8.93. The fourth-order valence-electron chi connectivity index (χ4n) is 4.45. The molecule has 8 heteroatoms. The lowest BCUT2D eigenvalue weighted by molar-refractivity contribution is -0.135. The molecule has 0 bridgehead atoms. The molecule has 40 heavy (non-hydrogen) atoms. The van der Waals surface area contributed by atoms with Crippen LogP contribution in [0.5, 0.6) is 17.2 Å². The molecule has 3 rings (SSSR count). The molecule has 8 nitrogen and oxygen atoms in total. The number of unbranched alkanes of at least 4 members (excludes halogenated alkanes) is 4. The first-order valence-electron chi connectivity index (χ1n) is 14.3. The van der Waals surface area contributed by atoms with Gasteiger partial charge in [0, 0.05) is 19.2 Å². The summed E-state index contributed by atoms with van der Waals surface area (Å²) in [6.07, 6.45) is 6.44. The second-order valence-electron chi connectivity index (χ2n) is 10.4. The summed E-state index contributed by atoms with van der Waals surface area (Å²) < 4.78 is 22.0. The predicted octanol–water partition coefficient (Wildman–Crippen LogP) is 6.35. The van der Waals surface area contributed by atoms with Crippen molar-refractivity contribution in [3.63, 3.8) is 0 Å². The number of Topliss-reactive ketones (excluding diaryl/α,β-unsaturated/α-hetero) is 1. The predicted molar refractivity (Wildman–Crippen MR) is 157 cm³/mol. The lowest BCUT2D eigenvalue weighted by Crippen LogP contribution is -2.31. The van der Waals surface area contributed by atoms with Gasteiger partial charge in [0.05, 0.1) is 26.5 Å². The smallest absolute Gasteiger partial charge is 0.346 e. The van der Waals surface area contributed by atoms with Crippen LogP contribution in [0.1, 0.15) is 64.9 Å². The number of carbonyl (C=O) groups is 2. The maximum atomic E-state index is 12.9. The Morgan fingerprint density at radius 3 is 2.33 bits per heavy atom. The molecule has 2 aromatic rings. The van der Waals surface area contributed by atoms with Crippen LogP contribution in [0.4, 0.5) is 5.69 Å². The van der Waals surface area contributed by atoms with E-state index >= 15 is 0 Å². The van der Waals surface area contributed by atoms with E-state index in [0.29, 0.717) is 48.6 Å². The molecule has 1 N–H and O–H groups in total. The largest absolute Gasteiger partial charge is 0.497 e. The Morgan fingerprint density at radius 1 is 0.975 bits per heavy atom. The number of esters is 1. The van der Waals surface area contributed by atoms with Gasteiger partial charge in [0.2, 0.25) is 5.78 Å². The summed E-state index contributed by atoms with van der Waals surface area (Å²) in [7, 11) is 3.15. The molecule has 0 atom stereocenters. The number of hydrogen-bond donors (Lipinski definition) is 1. The van der Waals surface area contributed by atoms with Crippen LogP contribution in [0.3, 0.4) is 0 Å². The number of anilines is 1. The van der Waals surface area contributed by atoms with Gasteiger partial charge in [-0.15, -0.1) is 0 Å². The SMILES string of the molecule is CCCCCCCN(Cc1ccc(OCCC(C)C)cc1)C(Nc1ccc(OC)cc1OC)=C1C(=O)COC1=O. The first-order chi connectivity index (χ1) is 19.4. The summed E-state index contributed by atoms with van der Waals surface area (Å²) >= 11 is 0. The van der Waals surface area contributed by atoms with Gasteiger partial charge < -0.3 is 29.2 Å². The van der Waals surface area contributed by atoms with Gasteiger partial charge in [-0.05, 0) is 48.6 Å². The van der Waals surface area contributed by atoms with Gasteiger partial charge in [0.15, 0.2) is 6.61 Å². The van der Waals surface area contributed by atoms with Crippen molar-refractivity contribution in [2.75, 3.05) is 39.3 Å². The molecule has 0 aliphatic carbocycles. The van der Waals surface area contributed by atoms with E-state index in [4.69, 9.17) is 18.9 Å². The van der Waals surface area contributed by atoms with Gasteiger partial charge in [-0.2, -0.15) is 0 Å². The second-order valence-corrected chi connectivity index (χ2v) is 10.4. The Morgan fingerprint density at radius 2 is 1.70 bits per heavy atom. The maximum Gasteiger partial charge on any atom is 0.346 e. The Labute approximate surface area is 238 Å². The number of hydrogen-bond acceptors (Lipinski definition) is 8. The zero-order valence-electron chi connectivity index (χ0n) is 24.6. The minimum absolute atomic E-state index is 0.0278. The highest BCUT2D eigenvalue weighted by atomic mass is 16.5. The van der Waals surface area contributed by atoms with Gasteiger partial charge in [0.25, 0.3) is 0 Å². The molecule has 1 saturated heterocycles. The molecular formula is C32H44N2O6. The minimum atomic E-state index is -0.620. The lowest BCUT2D eigenvalue weighted by Gasteiger charge is -2.30. The van der Waals surface area contributed by atoms with Crippen molar-refractivity contribution in [3.8, 4) is 17.2 Å². The highest BCUT2D eigenvalue weighted by Crippen LogP contribution is 2.32. The molecule has 1 heterocycles. The van der Waals surface area contributed by atoms with Crippen molar-refractivity contribution >= 4 is 17.4 Å². The van der Waals surface area contributed by atoms with Crippen LogP contribution in [-0.4, -0.2) is 50.6 Å². The average Bonchev–Trinajstić information content (AvgIpc) is 3.28. The first kappa shape index (κ1) is 30.9. The molecule has 0 unspecified atom stereocenters. The van der Waals surface area contributed by atoms with Gasteiger partial charge in [-0.1, -0.05) is 58.6 Å². The standard InChI is InChI=1S/C32H44N2O6/c1-6-7-8-9-10-18-34(21-24-11-13-25(14-12-24)39-19-17-23(2)3)31(30-28(35)22-40-32(30)36)33-27-16-15-26(37-4)20-29(27)38-5/h11-16,20,23,33H,6-10,17-19,21-22H2,1-5H3. The van der Waals surface area contributed by atoms with E-state index in [9.17, 15) is 9.59 Å².